The number of amides is 3. The van der Waals surface area contributed by atoms with E-state index < -0.39 is 35.4 Å². The van der Waals surface area contributed by atoms with Crippen molar-refractivity contribution in [1.29, 1.82) is 0 Å². The lowest BCUT2D eigenvalue weighted by molar-refractivity contribution is -0.155. The molecule has 7 rings (SSSR count). The van der Waals surface area contributed by atoms with Crippen molar-refractivity contribution >= 4 is 45.9 Å². The standard InChI is InChI=1S/C49H66N8O6S/c1-10-12-21-55-23-19-33(27-55)46(59)54(8)43(30(3)4)45(58)52-38-25-41-51-39(28-64-41)32-17-18-40-35(24-32)36(44(56(40)11-2)34-15-13-20-50-42(34)31(5)62-9)26-49(6,7)29-63-48(61)37-16-14-22-57(53-37)47(38)60/h10,12-13,15,17-18,20,24,28,30-31,33,37-38,43,53H,11,14,16,19,21-23,25-27,29H2,1-9H3,(H,52,58)/b12-10+. The number of likely N-dealkylation sites (tertiary alicyclic amines) is 1. The first-order valence-corrected chi connectivity index (χ1v) is 23.7. The van der Waals surface area contributed by atoms with E-state index in [1.54, 1.807) is 25.3 Å². The van der Waals surface area contributed by atoms with Gasteiger partial charge in [0.25, 0.3) is 5.91 Å². The molecular formula is C49H66N8O6S. The molecule has 5 atom stereocenters. The number of likely N-dealkylation sites (N-methyl/N-ethyl adjacent to an activating group) is 1. The number of carbonyl (C=O) groups is 4. The van der Waals surface area contributed by atoms with E-state index in [9.17, 15) is 19.2 Å². The van der Waals surface area contributed by atoms with Crippen molar-refractivity contribution in [3.63, 3.8) is 0 Å². The van der Waals surface area contributed by atoms with Gasteiger partial charge in [0, 0.05) is 85.8 Å². The Kier molecular flexibility index (Phi) is 14.7. The number of nitrogens with one attached hydrogen (secondary N) is 2. The van der Waals surface area contributed by atoms with Gasteiger partial charge < -0.3 is 24.3 Å². The van der Waals surface area contributed by atoms with Crippen molar-refractivity contribution in [2.24, 2.45) is 17.3 Å². The van der Waals surface area contributed by atoms with Crippen LogP contribution in [0, 0.1) is 17.3 Å². The zero-order chi connectivity index (χ0) is 45.9. The molecule has 2 fully saturated rings. The maximum absolute atomic E-state index is 14.6. The van der Waals surface area contributed by atoms with E-state index in [4.69, 9.17) is 19.4 Å². The second-order valence-electron chi connectivity index (χ2n) is 18.7. The number of aryl methyl sites for hydroxylation is 1. The number of hydrogen-bond donors (Lipinski definition) is 2. The zero-order valence-corrected chi connectivity index (χ0v) is 39.8. The summed E-state index contributed by atoms with van der Waals surface area (Å²) in [5, 5.41) is 8.26. The van der Waals surface area contributed by atoms with Gasteiger partial charge in [-0.15, -0.1) is 11.3 Å². The van der Waals surface area contributed by atoms with Gasteiger partial charge in [0.1, 0.15) is 18.1 Å². The number of cyclic esters (lactones) is 1. The lowest BCUT2D eigenvalue weighted by atomic mass is 9.84. The molecule has 5 unspecified atom stereocenters. The average Bonchev–Trinajstić information content (AvgIpc) is 4.04. The summed E-state index contributed by atoms with van der Waals surface area (Å²) in [6.45, 7) is 17.6. The number of pyridine rings is 1. The van der Waals surface area contributed by atoms with Crippen LogP contribution in [0.3, 0.4) is 0 Å². The molecule has 3 aliphatic heterocycles. The highest BCUT2D eigenvalue weighted by Crippen LogP contribution is 2.42. The van der Waals surface area contributed by atoms with E-state index >= 15 is 0 Å². The second-order valence-corrected chi connectivity index (χ2v) is 19.7. The molecule has 64 heavy (non-hydrogen) atoms. The smallest absolute Gasteiger partial charge is 0.324 e. The van der Waals surface area contributed by atoms with Gasteiger partial charge in [0.15, 0.2) is 0 Å². The fourth-order valence-corrected chi connectivity index (χ4v) is 10.5. The van der Waals surface area contributed by atoms with Gasteiger partial charge in [-0.05, 0) is 88.7 Å². The summed E-state index contributed by atoms with van der Waals surface area (Å²) in [5.41, 5.74) is 9.42. The molecule has 6 heterocycles. The Balaban J connectivity index is 1.26. The molecule has 0 spiro atoms. The molecule has 6 bridgehead atoms. The van der Waals surface area contributed by atoms with Gasteiger partial charge in [-0.25, -0.2) is 10.4 Å². The van der Waals surface area contributed by atoms with Gasteiger partial charge in [-0.1, -0.05) is 45.9 Å². The van der Waals surface area contributed by atoms with Gasteiger partial charge in [0.05, 0.1) is 40.7 Å². The minimum atomic E-state index is -1.03. The number of hydrazine groups is 1. The van der Waals surface area contributed by atoms with Crippen LogP contribution in [0.15, 0.2) is 54.1 Å². The van der Waals surface area contributed by atoms with Crippen LogP contribution in [-0.4, -0.2) is 118 Å². The van der Waals surface area contributed by atoms with E-state index in [1.807, 2.05) is 45.2 Å². The number of hydrogen-bond acceptors (Lipinski definition) is 11. The Labute approximate surface area is 381 Å². The van der Waals surface area contributed by atoms with Gasteiger partial charge in [-0.2, -0.15) is 0 Å². The molecule has 0 saturated carbocycles. The number of nitrogens with zero attached hydrogens (tertiary/aromatic N) is 6. The van der Waals surface area contributed by atoms with Crippen molar-refractivity contribution < 1.29 is 28.7 Å². The molecule has 3 amide bonds. The summed E-state index contributed by atoms with van der Waals surface area (Å²) < 4.78 is 14.3. The highest BCUT2D eigenvalue weighted by atomic mass is 32.1. The number of aromatic nitrogens is 3. The lowest BCUT2D eigenvalue weighted by Gasteiger charge is -2.37. The Morgan fingerprint density at radius 1 is 1.16 bits per heavy atom. The molecule has 1 aromatic carbocycles. The average molecular weight is 895 g/mol. The summed E-state index contributed by atoms with van der Waals surface area (Å²) in [7, 11) is 3.39. The van der Waals surface area contributed by atoms with Crippen molar-refractivity contribution in [1.82, 2.24) is 40.1 Å². The van der Waals surface area contributed by atoms with E-state index in [1.165, 1.54) is 16.3 Å². The number of thiazole rings is 1. The van der Waals surface area contributed by atoms with Crippen molar-refractivity contribution in [2.75, 3.05) is 46.9 Å². The summed E-state index contributed by atoms with van der Waals surface area (Å²) in [5.74, 6) is -1.75. The molecule has 2 N–H and O–H groups in total. The topological polar surface area (TPSA) is 151 Å². The van der Waals surface area contributed by atoms with E-state index in [0.717, 1.165) is 64.2 Å². The molecule has 3 aromatic heterocycles. The molecule has 0 aliphatic carbocycles. The van der Waals surface area contributed by atoms with Crippen LogP contribution in [0.2, 0.25) is 0 Å². The predicted molar refractivity (Wildman–Crippen MR) is 250 cm³/mol. The Morgan fingerprint density at radius 3 is 2.69 bits per heavy atom. The minimum absolute atomic E-state index is 0.0772. The van der Waals surface area contributed by atoms with Crippen LogP contribution in [0.5, 0.6) is 0 Å². The van der Waals surface area contributed by atoms with Gasteiger partial charge in [0.2, 0.25) is 11.8 Å². The second kappa shape index (κ2) is 20.1. The monoisotopic (exact) mass is 894 g/mol. The van der Waals surface area contributed by atoms with Crippen LogP contribution in [0.4, 0.5) is 0 Å². The fraction of sp³-hybridized carbons (Fsp3) is 0.551. The SMILES string of the molecule is C/C=C/CN1CCC(C(=O)N(C)C(C(=O)NC2Cc3nc(cs3)-c3ccc4c(c3)c(c(-c3cccnc3C(C)OC)n4CC)CC(C)(C)COC(=O)C3CCCN(N3)C2=O)C(C)C)C1. The Hall–Kier alpha value is -4.96. The van der Waals surface area contributed by atoms with Crippen molar-refractivity contribution in [3.05, 3.63) is 70.3 Å². The fourth-order valence-electron chi connectivity index (χ4n) is 9.63. The first-order chi connectivity index (χ1) is 30.6. The predicted octanol–water partition coefficient (Wildman–Crippen LogP) is 6.58. The largest absolute Gasteiger partial charge is 0.464 e. The number of rotatable bonds is 11. The van der Waals surface area contributed by atoms with Crippen LogP contribution in [0.25, 0.3) is 33.4 Å². The third kappa shape index (κ3) is 9.97. The minimum Gasteiger partial charge on any atom is -0.464 e. The summed E-state index contributed by atoms with van der Waals surface area (Å²) in [6, 6.07) is 7.88. The van der Waals surface area contributed by atoms with Crippen LogP contribution in [0.1, 0.15) is 90.1 Å². The van der Waals surface area contributed by atoms with Crippen LogP contribution < -0.4 is 10.7 Å². The number of benzene rings is 1. The number of carbonyl (C=O) groups excluding carboxylic acids is 4. The first kappa shape index (κ1) is 47.0. The maximum Gasteiger partial charge on any atom is 0.324 e. The van der Waals surface area contributed by atoms with Crippen molar-refractivity contribution in [2.45, 2.75) is 111 Å². The maximum atomic E-state index is 14.6. The van der Waals surface area contributed by atoms with E-state index in [0.29, 0.717) is 43.9 Å². The molecule has 2 saturated heterocycles. The first-order valence-electron chi connectivity index (χ1n) is 22.9. The zero-order valence-electron chi connectivity index (χ0n) is 39.0. The Bertz CT molecular complexity index is 2370. The van der Waals surface area contributed by atoms with E-state index in [2.05, 4.69) is 71.3 Å². The van der Waals surface area contributed by atoms with Crippen molar-refractivity contribution in [3.8, 4) is 22.5 Å². The van der Waals surface area contributed by atoms with Crippen LogP contribution >= 0.6 is 11.3 Å². The summed E-state index contributed by atoms with van der Waals surface area (Å²) >= 11 is 1.44. The molecular weight excluding hydrogens is 829 g/mol. The summed E-state index contributed by atoms with van der Waals surface area (Å²) in [6.07, 6.45) is 8.14. The third-order valence-electron chi connectivity index (χ3n) is 13.0. The number of fused-ring (bicyclic) bond motifs is 6. The third-order valence-corrected chi connectivity index (χ3v) is 13.9. The molecule has 14 nitrogen and oxygen atoms in total. The highest BCUT2D eigenvalue weighted by molar-refractivity contribution is 7.10. The quantitative estimate of drug-likeness (QED) is 0.125. The van der Waals surface area contributed by atoms with E-state index in [-0.39, 0.29) is 42.8 Å². The molecule has 15 heteroatoms. The van der Waals surface area contributed by atoms with Gasteiger partial charge in [-0.3, -0.25) is 34.1 Å². The molecule has 344 valence electrons. The van der Waals surface area contributed by atoms with Crippen LogP contribution in [-0.2, 0) is 48.0 Å². The Morgan fingerprint density at radius 2 is 1.95 bits per heavy atom. The lowest BCUT2D eigenvalue weighted by Crippen LogP contribution is -2.62. The van der Waals surface area contributed by atoms with Gasteiger partial charge >= 0.3 is 5.97 Å². The number of methoxy groups -OCH3 is 1. The highest BCUT2D eigenvalue weighted by Gasteiger charge is 2.40. The molecule has 4 aromatic rings. The molecule has 3 aliphatic rings. The number of ether oxygens (including phenoxy) is 2. The molecule has 0 radical (unpaired) electrons. The summed E-state index contributed by atoms with van der Waals surface area (Å²) in [4.78, 5) is 70.6. The normalized spacial score (nSPS) is 21.8. The number of esters is 1. The number of allylic oxidation sites excluding steroid dienone is 1.